The molecule has 1 aliphatic heterocycles. The number of nitrogens with zero attached hydrogens (tertiary/aromatic N) is 4. The summed E-state index contributed by atoms with van der Waals surface area (Å²) in [7, 11) is 2.13. The molecule has 1 saturated carbocycles. The van der Waals surface area contributed by atoms with Crippen molar-refractivity contribution in [2.24, 2.45) is 5.92 Å². The number of aromatic nitrogens is 2. The molecule has 3 rings (SSSR count). The van der Waals surface area contributed by atoms with E-state index in [1.807, 2.05) is 6.92 Å². The smallest absolute Gasteiger partial charge is 0.245 e. The fourth-order valence-corrected chi connectivity index (χ4v) is 3.37. The molecule has 6 nitrogen and oxygen atoms in total. The number of piperazine rings is 1. The van der Waals surface area contributed by atoms with Crippen LogP contribution in [0.25, 0.3) is 0 Å². The highest BCUT2D eigenvalue weighted by Gasteiger charge is 2.34. The van der Waals surface area contributed by atoms with Crippen molar-refractivity contribution in [3.05, 3.63) is 11.7 Å². The molecular formula is C15H26N4O2. The maximum atomic E-state index is 5.65. The number of hydrogen-bond acceptors (Lipinski definition) is 6. The average Bonchev–Trinajstić information content (AvgIpc) is 2.85. The molecule has 0 spiro atoms. The van der Waals surface area contributed by atoms with Crippen molar-refractivity contribution in [2.75, 3.05) is 39.8 Å². The predicted molar refractivity (Wildman–Crippen MR) is 79.0 cm³/mol. The SMILES string of the molecule is CCOC1CC(CN2CCN(C)[C@H](c3nc(C)no3)C2)C1. The largest absolute Gasteiger partial charge is 0.378 e. The Morgan fingerprint density at radius 2 is 2.14 bits per heavy atom. The van der Waals surface area contributed by atoms with E-state index in [4.69, 9.17) is 9.26 Å². The summed E-state index contributed by atoms with van der Waals surface area (Å²) in [4.78, 5) is 9.25. The second-order valence-corrected chi connectivity index (χ2v) is 6.35. The molecule has 1 saturated heterocycles. The Bertz CT molecular complexity index is 458. The monoisotopic (exact) mass is 294 g/mol. The highest BCUT2D eigenvalue weighted by atomic mass is 16.5. The van der Waals surface area contributed by atoms with Gasteiger partial charge in [0.25, 0.3) is 0 Å². The zero-order valence-electron chi connectivity index (χ0n) is 13.3. The Morgan fingerprint density at radius 1 is 1.33 bits per heavy atom. The van der Waals surface area contributed by atoms with E-state index in [1.54, 1.807) is 0 Å². The Hall–Kier alpha value is -0.980. The van der Waals surface area contributed by atoms with E-state index in [0.29, 0.717) is 11.9 Å². The van der Waals surface area contributed by atoms with Gasteiger partial charge in [0.1, 0.15) is 6.04 Å². The molecule has 0 unspecified atom stereocenters. The normalized spacial score (nSPS) is 31.3. The van der Waals surface area contributed by atoms with Gasteiger partial charge < -0.3 is 9.26 Å². The van der Waals surface area contributed by atoms with Gasteiger partial charge in [-0.25, -0.2) is 0 Å². The first-order chi connectivity index (χ1) is 10.2. The number of rotatable bonds is 5. The van der Waals surface area contributed by atoms with Crippen LogP contribution in [0.15, 0.2) is 4.52 Å². The quantitative estimate of drug-likeness (QED) is 0.820. The number of likely N-dealkylation sites (N-methyl/N-ethyl adjacent to an activating group) is 1. The third-order valence-corrected chi connectivity index (χ3v) is 4.67. The highest BCUT2D eigenvalue weighted by Crippen LogP contribution is 2.32. The maximum Gasteiger partial charge on any atom is 0.245 e. The van der Waals surface area contributed by atoms with Crippen molar-refractivity contribution < 1.29 is 9.26 Å². The van der Waals surface area contributed by atoms with Crippen LogP contribution in [0.4, 0.5) is 0 Å². The third kappa shape index (κ3) is 3.44. The van der Waals surface area contributed by atoms with Crippen molar-refractivity contribution in [2.45, 2.75) is 38.8 Å². The second-order valence-electron chi connectivity index (χ2n) is 6.35. The topological polar surface area (TPSA) is 54.6 Å². The minimum Gasteiger partial charge on any atom is -0.378 e. The Labute approximate surface area is 126 Å². The molecule has 1 atom stereocenters. The van der Waals surface area contributed by atoms with Crippen LogP contribution >= 0.6 is 0 Å². The number of hydrogen-bond donors (Lipinski definition) is 0. The summed E-state index contributed by atoms with van der Waals surface area (Å²) in [6.45, 7) is 9.10. The van der Waals surface area contributed by atoms with Crippen LogP contribution in [-0.4, -0.2) is 65.9 Å². The van der Waals surface area contributed by atoms with E-state index in [1.165, 1.54) is 19.4 Å². The minimum atomic E-state index is 0.225. The summed E-state index contributed by atoms with van der Waals surface area (Å²) in [5, 5.41) is 3.92. The van der Waals surface area contributed by atoms with Gasteiger partial charge in [-0.15, -0.1) is 0 Å². The third-order valence-electron chi connectivity index (χ3n) is 4.67. The first-order valence-corrected chi connectivity index (χ1v) is 8.00. The maximum absolute atomic E-state index is 5.65. The first-order valence-electron chi connectivity index (χ1n) is 8.00. The van der Waals surface area contributed by atoms with E-state index >= 15 is 0 Å². The lowest BCUT2D eigenvalue weighted by atomic mass is 9.81. The molecule has 21 heavy (non-hydrogen) atoms. The molecule has 1 aliphatic carbocycles. The van der Waals surface area contributed by atoms with Crippen LogP contribution in [0.3, 0.4) is 0 Å². The van der Waals surface area contributed by atoms with Crippen molar-refractivity contribution in [1.82, 2.24) is 19.9 Å². The van der Waals surface area contributed by atoms with Crippen molar-refractivity contribution in [3.63, 3.8) is 0 Å². The Kier molecular flexibility index (Phi) is 4.57. The molecule has 1 aromatic rings. The Morgan fingerprint density at radius 3 is 2.81 bits per heavy atom. The molecule has 118 valence electrons. The van der Waals surface area contributed by atoms with Crippen molar-refractivity contribution >= 4 is 0 Å². The molecule has 0 N–H and O–H groups in total. The second kappa shape index (κ2) is 6.42. The lowest BCUT2D eigenvalue weighted by molar-refractivity contribution is -0.0405. The number of ether oxygens (including phenoxy) is 1. The van der Waals surface area contributed by atoms with Crippen LogP contribution < -0.4 is 0 Å². The average molecular weight is 294 g/mol. The highest BCUT2D eigenvalue weighted by molar-refractivity contribution is 4.96. The van der Waals surface area contributed by atoms with Gasteiger partial charge in [0.15, 0.2) is 5.82 Å². The zero-order chi connectivity index (χ0) is 14.8. The Balaban J connectivity index is 1.52. The fraction of sp³-hybridized carbons (Fsp3) is 0.867. The summed E-state index contributed by atoms with van der Waals surface area (Å²) >= 11 is 0. The van der Waals surface area contributed by atoms with E-state index in [9.17, 15) is 0 Å². The molecule has 0 radical (unpaired) electrons. The summed E-state index contributed by atoms with van der Waals surface area (Å²) in [5.74, 6) is 2.25. The molecule has 0 bridgehead atoms. The molecule has 2 fully saturated rings. The standard InChI is InChI=1S/C15H26N4O2/c1-4-20-13-7-12(8-13)9-19-6-5-18(3)14(10-19)15-16-11(2)17-21-15/h12-14H,4-10H2,1-3H3/t12?,13?,14-/m0/s1. The number of aryl methyl sites for hydroxylation is 1. The minimum absolute atomic E-state index is 0.225. The van der Waals surface area contributed by atoms with Gasteiger partial charge in [0.2, 0.25) is 5.89 Å². The predicted octanol–water partition coefficient (Wildman–Crippen LogP) is 1.48. The van der Waals surface area contributed by atoms with Crippen molar-refractivity contribution in [1.29, 1.82) is 0 Å². The van der Waals surface area contributed by atoms with Gasteiger partial charge in [-0.05, 0) is 39.7 Å². The fourth-order valence-electron chi connectivity index (χ4n) is 3.37. The lowest BCUT2D eigenvalue weighted by Gasteiger charge is -2.42. The van der Waals surface area contributed by atoms with E-state index in [-0.39, 0.29) is 6.04 Å². The van der Waals surface area contributed by atoms with Crippen LogP contribution in [0.5, 0.6) is 0 Å². The molecule has 0 amide bonds. The molecule has 0 aromatic carbocycles. The molecule has 2 aliphatic rings. The molecule has 1 aromatic heterocycles. The van der Waals surface area contributed by atoms with Crippen molar-refractivity contribution in [3.8, 4) is 0 Å². The van der Waals surface area contributed by atoms with E-state index in [2.05, 4.69) is 33.9 Å². The summed E-state index contributed by atoms with van der Waals surface area (Å²) < 4.78 is 11.0. The molecular weight excluding hydrogens is 268 g/mol. The summed E-state index contributed by atoms with van der Waals surface area (Å²) in [6, 6.07) is 0.225. The van der Waals surface area contributed by atoms with Gasteiger partial charge in [0.05, 0.1) is 6.10 Å². The van der Waals surface area contributed by atoms with Gasteiger partial charge >= 0.3 is 0 Å². The van der Waals surface area contributed by atoms with E-state index < -0.39 is 0 Å². The van der Waals surface area contributed by atoms with E-state index in [0.717, 1.165) is 38.0 Å². The molecule has 2 heterocycles. The summed E-state index contributed by atoms with van der Waals surface area (Å²) in [5.41, 5.74) is 0. The lowest BCUT2D eigenvalue weighted by Crippen LogP contribution is -2.50. The van der Waals surface area contributed by atoms with Gasteiger partial charge in [-0.3, -0.25) is 9.80 Å². The van der Waals surface area contributed by atoms with Gasteiger partial charge in [0, 0.05) is 32.8 Å². The summed E-state index contributed by atoms with van der Waals surface area (Å²) in [6.07, 6.45) is 2.93. The van der Waals surface area contributed by atoms with Crippen LogP contribution in [0, 0.1) is 12.8 Å². The van der Waals surface area contributed by atoms with Gasteiger partial charge in [-0.1, -0.05) is 5.16 Å². The zero-order valence-corrected chi connectivity index (χ0v) is 13.3. The van der Waals surface area contributed by atoms with Crippen LogP contribution in [0.1, 0.15) is 37.5 Å². The van der Waals surface area contributed by atoms with Crippen LogP contribution in [-0.2, 0) is 4.74 Å². The molecule has 6 heteroatoms. The first kappa shape index (κ1) is 14.9. The van der Waals surface area contributed by atoms with Crippen LogP contribution in [0.2, 0.25) is 0 Å². The van der Waals surface area contributed by atoms with Gasteiger partial charge in [-0.2, -0.15) is 4.98 Å².